The highest BCUT2D eigenvalue weighted by Crippen LogP contribution is 2.26. The van der Waals surface area contributed by atoms with E-state index in [0.717, 1.165) is 22.4 Å². The van der Waals surface area contributed by atoms with Gasteiger partial charge in [0.2, 0.25) is 0 Å². The second-order valence-electron chi connectivity index (χ2n) is 8.85. The topological polar surface area (TPSA) is 95.6 Å². The van der Waals surface area contributed by atoms with Crippen LogP contribution < -0.4 is 5.43 Å². The van der Waals surface area contributed by atoms with E-state index >= 15 is 0 Å². The Hall–Kier alpha value is -3.59. The maximum absolute atomic E-state index is 14.4. The minimum atomic E-state index is -1.59. The van der Waals surface area contributed by atoms with E-state index in [2.05, 4.69) is 20.7 Å². The van der Waals surface area contributed by atoms with Crippen LogP contribution in [0.25, 0.3) is 0 Å². The van der Waals surface area contributed by atoms with Crippen molar-refractivity contribution in [3.05, 3.63) is 82.4 Å². The summed E-state index contributed by atoms with van der Waals surface area (Å²) in [5, 5.41) is 22.6. The lowest BCUT2D eigenvalue weighted by atomic mass is 9.95. The average Bonchev–Trinajstić information content (AvgIpc) is 3.25. The molecule has 0 bridgehead atoms. The van der Waals surface area contributed by atoms with Crippen LogP contribution in [0.5, 0.6) is 0 Å². The zero-order valence-corrected chi connectivity index (χ0v) is 18.5. The van der Waals surface area contributed by atoms with Crippen LogP contribution in [0.2, 0.25) is 0 Å². The Balaban J connectivity index is 1.34. The number of rotatable bonds is 4. The van der Waals surface area contributed by atoms with Gasteiger partial charge in [0.15, 0.2) is 23.5 Å². The predicted octanol–water partition coefficient (Wildman–Crippen LogP) is 2.68. The van der Waals surface area contributed by atoms with Gasteiger partial charge in [0.1, 0.15) is 0 Å². The fraction of sp³-hybridized carbons (Fsp3) is 0.333. The summed E-state index contributed by atoms with van der Waals surface area (Å²) in [4.78, 5) is 14.9. The average molecular weight is 449 g/mol. The van der Waals surface area contributed by atoms with Gasteiger partial charge >= 0.3 is 0 Å². The number of halogens is 1. The summed E-state index contributed by atoms with van der Waals surface area (Å²) < 4.78 is 16.1. The molecule has 2 aliphatic rings. The molecule has 1 aromatic heterocycles. The number of nitrogens with one attached hydrogen (secondary N) is 1. The van der Waals surface area contributed by atoms with E-state index in [1.807, 2.05) is 42.5 Å². The highest BCUT2D eigenvalue weighted by molar-refractivity contribution is 6.04. The Labute approximate surface area is 190 Å². The Bertz CT molecular complexity index is 1250. The van der Waals surface area contributed by atoms with E-state index < -0.39 is 11.9 Å². The van der Waals surface area contributed by atoms with Crippen LogP contribution >= 0.6 is 0 Å². The molecule has 1 atom stereocenters. The van der Waals surface area contributed by atoms with Gasteiger partial charge in [-0.3, -0.25) is 10.2 Å². The zero-order chi connectivity index (χ0) is 23.2. The van der Waals surface area contributed by atoms with E-state index in [1.165, 1.54) is 13.8 Å². The van der Waals surface area contributed by atoms with Crippen molar-refractivity contribution in [1.29, 1.82) is 0 Å². The molecule has 2 aliphatic heterocycles. The standard InChI is InChI=1S/C24H25FN6O2/c1-24(2,25)23-29-27-20-14-30(10-11-31(20)23)22(33)16-7-5-6-15(12-16)13-19-17-8-3-4-9-18(17)21(32)28-26-19/h3-9,12,21,28,32H,10-11,13-14H2,1-2H3. The van der Waals surface area contributed by atoms with Gasteiger partial charge in [-0.2, -0.15) is 5.10 Å². The van der Waals surface area contributed by atoms with Gasteiger partial charge < -0.3 is 14.6 Å². The number of hydrogen-bond donors (Lipinski definition) is 2. The van der Waals surface area contributed by atoms with Crippen LogP contribution in [-0.2, 0) is 25.2 Å². The van der Waals surface area contributed by atoms with E-state index in [1.54, 1.807) is 15.5 Å². The molecule has 5 rings (SSSR count). The Kier molecular flexibility index (Phi) is 5.20. The maximum Gasteiger partial charge on any atom is 0.254 e. The molecule has 0 saturated carbocycles. The molecule has 170 valence electrons. The molecule has 1 amide bonds. The van der Waals surface area contributed by atoms with Crippen LogP contribution in [0.15, 0.2) is 53.6 Å². The Morgan fingerprint density at radius 2 is 2.00 bits per heavy atom. The molecule has 33 heavy (non-hydrogen) atoms. The molecule has 0 fully saturated rings. The Morgan fingerprint density at radius 1 is 1.18 bits per heavy atom. The first-order valence-electron chi connectivity index (χ1n) is 10.9. The number of carbonyl (C=O) groups is 1. The monoisotopic (exact) mass is 448 g/mol. The normalized spacial score (nSPS) is 17.6. The van der Waals surface area contributed by atoms with Gasteiger partial charge in [0, 0.05) is 36.2 Å². The summed E-state index contributed by atoms with van der Waals surface area (Å²) in [6.45, 7) is 4.11. The van der Waals surface area contributed by atoms with Crippen molar-refractivity contribution in [3.63, 3.8) is 0 Å². The molecule has 0 radical (unpaired) electrons. The van der Waals surface area contributed by atoms with Gasteiger partial charge in [-0.15, -0.1) is 10.2 Å². The first kappa shape index (κ1) is 21.3. The number of carbonyl (C=O) groups excluding carboxylic acids is 1. The molecular weight excluding hydrogens is 423 g/mol. The fourth-order valence-corrected chi connectivity index (χ4v) is 4.36. The second kappa shape index (κ2) is 8.08. The van der Waals surface area contributed by atoms with Crippen molar-refractivity contribution in [2.45, 2.75) is 45.3 Å². The van der Waals surface area contributed by atoms with Crippen molar-refractivity contribution in [2.24, 2.45) is 5.10 Å². The van der Waals surface area contributed by atoms with Crippen molar-refractivity contribution >= 4 is 11.6 Å². The molecular formula is C24H25FN6O2. The maximum atomic E-state index is 14.4. The summed E-state index contributed by atoms with van der Waals surface area (Å²) >= 11 is 0. The van der Waals surface area contributed by atoms with E-state index in [0.29, 0.717) is 36.7 Å². The van der Waals surface area contributed by atoms with Gasteiger partial charge in [-0.05, 0) is 31.5 Å². The van der Waals surface area contributed by atoms with Crippen molar-refractivity contribution < 1.29 is 14.3 Å². The van der Waals surface area contributed by atoms with Crippen LogP contribution in [0.4, 0.5) is 4.39 Å². The number of aliphatic hydroxyl groups excluding tert-OH is 1. The van der Waals surface area contributed by atoms with Crippen LogP contribution in [-0.4, -0.2) is 42.9 Å². The summed E-state index contributed by atoms with van der Waals surface area (Å²) in [5.74, 6) is 0.773. The third kappa shape index (κ3) is 4.00. The molecule has 9 heteroatoms. The molecule has 2 N–H and O–H groups in total. The van der Waals surface area contributed by atoms with Gasteiger partial charge in [-0.1, -0.05) is 36.4 Å². The van der Waals surface area contributed by atoms with Crippen molar-refractivity contribution in [1.82, 2.24) is 25.1 Å². The van der Waals surface area contributed by atoms with E-state index in [-0.39, 0.29) is 12.5 Å². The minimum absolute atomic E-state index is 0.105. The third-order valence-electron chi connectivity index (χ3n) is 6.01. The largest absolute Gasteiger partial charge is 0.368 e. The number of fused-ring (bicyclic) bond motifs is 2. The number of amides is 1. The minimum Gasteiger partial charge on any atom is -0.368 e. The number of nitrogens with zero attached hydrogens (tertiary/aromatic N) is 5. The van der Waals surface area contributed by atoms with Gasteiger partial charge in [-0.25, -0.2) is 4.39 Å². The number of aliphatic hydroxyl groups is 1. The predicted molar refractivity (Wildman–Crippen MR) is 120 cm³/mol. The van der Waals surface area contributed by atoms with Crippen molar-refractivity contribution in [3.8, 4) is 0 Å². The first-order chi connectivity index (χ1) is 15.8. The van der Waals surface area contributed by atoms with Crippen LogP contribution in [0, 0.1) is 0 Å². The lowest BCUT2D eigenvalue weighted by Crippen LogP contribution is -2.39. The zero-order valence-electron chi connectivity index (χ0n) is 18.5. The second-order valence-corrected chi connectivity index (χ2v) is 8.85. The third-order valence-corrected chi connectivity index (χ3v) is 6.01. The molecule has 0 spiro atoms. The lowest BCUT2D eigenvalue weighted by molar-refractivity contribution is 0.0702. The molecule has 8 nitrogen and oxygen atoms in total. The number of aromatic nitrogens is 3. The highest BCUT2D eigenvalue weighted by Gasteiger charge is 2.32. The van der Waals surface area contributed by atoms with Crippen LogP contribution in [0.1, 0.15) is 58.8 Å². The first-order valence-corrected chi connectivity index (χ1v) is 10.9. The summed E-state index contributed by atoms with van der Waals surface area (Å²) in [7, 11) is 0. The lowest BCUT2D eigenvalue weighted by Gasteiger charge is -2.29. The number of alkyl halides is 1. The fourth-order valence-electron chi connectivity index (χ4n) is 4.36. The molecule has 0 aliphatic carbocycles. The van der Waals surface area contributed by atoms with Gasteiger partial charge in [0.25, 0.3) is 5.91 Å². The summed E-state index contributed by atoms with van der Waals surface area (Å²) in [6, 6.07) is 15.1. The summed E-state index contributed by atoms with van der Waals surface area (Å²) in [5.41, 5.74) is 5.14. The van der Waals surface area contributed by atoms with Crippen molar-refractivity contribution in [2.75, 3.05) is 6.54 Å². The highest BCUT2D eigenvalue weighted by atomic mass is 19.1. The molecule has 1 unspecified atom stereocenters. The molecule has 2 aromatic carbocycles. The summed E-state index contributed by atoms with van der Waals surface area (Å²) in [6.07, 6.45) is -0.316. The number of hydrogen-bond acceptors (Lipinski definition) is 6. The van der Waals surface area contributed by atoms with Crippen LogP contribution in [0.3, 0.4) is 0 Å². The molecule has 3 heterocycles. The molecule has 3 aromatic rings. The SMILES string of the molecule is CC(C)(F)c1nnc2n1CCN(C(=O)c1cccc(CC3=NNC(O)c4ccccc43)c1)C2. The smallest absolute Gasteiger partial charge is 0.254 e. The van der Waals surface area contributed by atoms with Gasteiger partial charge in [0.05, 0.1) is 12.3 Å². The quantitative estimate of drug-likeness (QED) is 0.640. The Morgan fingerprint density at radius 3 is 2.82 bits per heavy atom. The van der Waals surface area contributed by atoms with E-state index in [4.69, 9.17) is 0 Å². The number of benzene rings is 2. The van der Waals surface area contributed by atoms with E-state index in [9.17, 15) is 14.3 Å². The molecule has 0 saturated heterocycles. The number of hydrazone groups is 1.